The fourth-order valence-corrected chi connectivity index (χ4v) is 1.17. The van der Waals surface area contributed by atoms with Gasteiger partial charge >= 0.3 is 5.97 Å². The van der Waals surface area contributed by atoms with Crippen LogP contribution in [0.15, 0.2) is 0 Å². The minimum absolute atomic E-state index is 0.0169. The molecule has 0 aromatic carbocycles. The summed E-state index contributed by atoms with van der Waals surface area (Å²) >= 11 is 0. The zero-order valence-corrected chi connectivity index (χ0v) is 10.0. The van der Waals surface area contributed by atoms with Gasteiger partial charge in [0.25, 0.3) is 0 Å². The van der Waals surface area contributed by atoms with E-state index in [1.807, 2.05) is 0 Å². The van der Waals surface area contributed by atoms with Gasteiger partial charge in [-0.15, -0.1) is 0 Å². The Labute approximate surface area is 100 Å². The molecule has 0 bridgehead atoms. The maximum atomic E-state index is 11.2. The van der Waals surface area contributed by atoms with Crippen LogP contribution in [0.5, 0.6) is 0 Å². The zero-order valence-electron chi connectivity index (χ0n) is 10.0. The number of amides is 1. The number of nitrogens with one attached hydrogen (secondary N) is 1. The number of aliphatic hydroxyl groups is 1. The van der Waals surface area contributed by atoms with Gasteiger partial charge in [-0.3, -0.25) is 14.5 Å². The Kier molecular flexibility index (Phi) is 9.31. The van der Waals surface area contributed by atoms with E-state index < -0.39 is 5.97 Å². The number of nitrogens with zero attached hydrogens (tertiary/aromatic N) is 1. The number of aliphatic carboxylic acids is 1. The number of likely N-dealkylation sites (N-methyl/N-ethyl adjacent to an activating group) is 1. The molecule has 7 heteroatoms. The van der Waals surface area contributed by atoms with Crippen molar-refractivity contribution in [3.05, 3.63) is 0 Å². The predicted octanol–water partition coefficient (Wildman–Crippen LogP) is -1.48. The zero-order chi connectivity index (χ0) is 13.1. The number of carbonyl (C=O) groups is 2. The maximum Gasteiger partial charge on any atom is 0.304 e. The highest BCUT2D eigenvalue weighted by molar-refractivity contribution is 5.77. The second kappa shape index (κ2) is 10.0. The minimum Gasteiger partial charge on any atom is -0.481 e. The first kappa shape index (κ1) is 15.8. The van der Waals surface area contributed by atoms with Crippen molar-refractivity contribution in [1.82, 2.24) is 10.2 Å². The topological polar surface area (TPSA) is 99.1 Å². The van der Waals surface area contributed by atoms with Crippen LogP contribution in [-0.4, -0.2) is 73.5 Å². The van der Waals surface area contributed by atoms with Crippen LogP contribution in [0.2, 0.25) is 0 Å². The average molecular weight is 248 g/mol. The SMILES string of the molecule is CNC(=O)CN(CCOCCO)CCC(=O)O. The van der Waals surface area contributed by atoms with Gasteiger partial charge in [0.2, 0.25) is 5.91 Å². The molecule has 0 aromatic rings. The Morgan fingerprint density at radius 2 is 2.00 bits per heavy atom. The number of rotatable bonds is 10. The third-order valence-corrected chi connectivity index (χ3v) is 2.08. The lowest BCUT2D eigenvalue weighted by Gasteiger charge is -2.20. The molecule has 0 atom stereocenters. The van der Waals surface area contributed by atoms with Gasteiger partial charge in [-0.1, -0.05) is 0 Å². The summed E-state index contributed by atoms with van der Waals surface area (Å²) < 4.78 is 5.06. The molecule has 1 amide bonds. The number of aliphatic hydroxyl groups excluding tert-OH is 1. The lowest BCUT2D eigenvalue weighted by atomic mass is 10.3. The van der Waals surface area contributed by atoms with Crippen LogP contribution in [0.25, 0.3) is 0 Å². The van der Waals surface area contributed by atoms with E-state index in [0.717, 1.165) is 0 Å². The fraction of sp³-hybridized carbons (Fsp3) is 0.800. The summed E-state index contributed by atoms with van der Waals surface area (Å²) in [7, 11) is 1.53. The molecule has 3 N–H and O–H groups in total. The molecular weight excluding hydrogens is 228 g/mol. The molecule has 0 aliphatic heterocycles. The van der Waals surface area contributed by atoms with Crippen LogP contribution in [0.4, 0.5) is 0 Å². The Balaban J connectivity index is 3.92. The van der Waals surface area contributed by atoms with Gasteiger partial charge in [0.05, 0.1) is 32.8 Å². The number of carboxylic acid groups (broad SMARTS) is 1. The van der Waals surface area contributed by atoms with Crippen LogP contribution < -0.4 is 5.32 Å². The third kappa shape index (κ3) is 9.73. The molecule has 0 rings (SSSR count). The molecule has 17 heavy (non-hydrogen) atoms. The first-order valence-corrected chi connectivity index (χ1v) is 5.43. The van der Waals surface area contributed by atoms with Crippen molar-refractivity contribution < 1.29 is 24.5 Å². The Bertz CT molecular complexity index is 235. The smallest absolute Gasteiger partial charge is 0.304 e. The summed E-state index contributed by atoms with van der Waals surface area (Å²) in [6, 6.07) is 0. The summed E-state index contributed by atoms with van der Waals surface area (Å²) in [6.45, 7) is 1.45. The number of carboxylic acids is 1. The van der Waals surface area contributed by atoms with Crippen LogP contribution >= 0.6 is 0 Å². The van der Waals surface area contributed by atoms with Gasteiger partial charge in [-0.25, -0.2) is 0 Å². The van der Waals surface area contributed by atoms with Gasteiger partial charge in [0, 0.05) is 20.1 Å². The van der Waals surface area contributed by atoms with Crippen LogP contribution in [-0.2, 0) is 14.3 Å². The quantitative estimate of drug-likeness (QED) is 0.408. The molecule has 0 spiro atoms. The standard InChI is InChI=1S/C10H20N2O5/c1-11-9(14)8-12(3-2-10(15)16)4-6-17-7-5-13/h13H,2-8H2,1H3,(H,11,14)(H,15,16). The van der Waals surface area contributed by atoms with E-state index in [0.29, 0.717) is 19.7 Å². The first-order chi connectivity index (χ1) is 8.10. The Morgan fingerprint density at radius 3 is 2.53 bits per heavy atom. The Morgan fingerprint density at radius 1 is 1.29 bits per heavy atom. The summed E-state index contributed by atoms with van der Waals surface area (Å²) in [4.78, 5) is 23.3. The molecule has 0 heterocycles. The van der Waals surface area contributed by atoms with Crippen molar-refractivity contribution in [2.45, 2.75) is 6.42 Å². The highest BCUT2D eigenvalue weighted by atomic mass is 16.5. The molecule has 0 saturated heterocycles. The van der Waals surface area contributed by atoms with Gasteiger partial charge in [-0.05, 0) is 0 Å². The van der Waals surface area contributed by atoms with Crippen molar-refractivity contribution in [3.63, 3.8) is 0 Å². The van der Waals surface area contributed by atoms with Crippen molar-refractivity contribution in [1.29, 1.82) is 0 Å². The molecule has 0 aromatic heterocycles. The fourth-order valence-electron chi connectivity index (χ4n) is 1.17. The Hall–Kier alpha value is -1.18. The number of hydrogen-bond acceptors (Lipinski definition) is 5. The molecule has 0 aliphatic carbocycles. The van der Waals surface area contributed by atoms with Crippen molar-refractivity contribution in [3.8, 4) is 0 Å². The van der Waals surface area contributed by atoms with Crippen LogP contribution in [0, 0.1) is 0 Å². The van der Waals surface area contributed by atoms with Gasteiger partial charge in [-0.2, -0.15) is 0 Å². The normalized spacial score (nSPS) is 10.5. The largest absolute Gasteiger partial charge is 0.481 e. The van der Waals surface area contributed by atoms with E-state index in [1.54, 1.807) is 4.90 Å². The maximum absolute atomic E-state index is 11.2. The number of ether oxygens (including phenoxy) is 1. The molecule has 0 fully saturated rings. The molecule has 0 radical (unpaired) electrons. The van der Waals surface area contributed by atoms with Crippen molar-refractivity contribution in [2.75, 3.05) is 46.5 Å². The van der Waals surface area contributed by atoms with E-state index in [4.69, 9.17) is 14.9 Å². The van der Waals surface area contributed by atoms with E-state index in [-0.39, 0.29) is 32.1 Å². The molecule has 100 valence electrons. The highest BCUT2D eigenvalue weighted by Crippen LogP contribution is 1.92. The summed E-state index contributed by atoms with van der Waals surface area (Å²) in [5.41, 5.74) is 0. The second-order valence-corrected chi connectivity index (χ2v) is 3.43. The lowest BCUT2D eigenvalue weighted by Crippen LogP contribution is -2.38. The third-order valence-electron chi connectivity index (χ3n) is 2.08. The highest BCUT2D eigenvalue weighted by Gasteiger charge is 2.11. The molecule has 0 unspecified atom stereocenters. The van der Waals surface area contributed by atoms with Crippen LogP contribution in [0.3, 0.4) is 0 Å². The van der Waals surface area contributed by atoms with Crippen molar-refractivity contribution in [2.24, 2.45) is 0 Å². The van der Waals surface area contributed by atoms with E-state index in [1.165, 1.54) is 7.05 Å². The van der Waals surface area contributed by atoms with E-state index in [2.05, 4.69) is 5.32 Å². The van der Waals surface area contributed by atoms with Gasteiger partial charge in [0.15, 0.2) is 0 Å². The molecule has 0 aliphatic rings. The van der Waals surface area contributed by atoms with E-state index >= 15 is 0 Å². The monoisotopic (exact) mass is 248 g/mol. The van der Waals surface area contributed by atoms with Gasteiger partial charge in [0.1, 0.15) is 0 Å². The predicted molar refractivity (Wildman–Crippen MR) is 60.7 cm³/mol. The van der Waals surface area contributed by atoms with E-state index in [9.17, 15) is 9.59 Å². The lowest BCUT2D eigenvalue weighted by molar-refractivity contribution is -0.137. The van der Waals surface area contributed by atoms with Crippen molar-refractivity contribution >= 4 is 11.9 Å². The molecule has 7 nitrogen and oxygen atoms in total. The summed E-state index contributed by atoms with van der Waals surface area (Å²) in [5.74, 6) is -1.07. The second-order valence-electron chi connectivity index (χ2n) is 3.43. The summed E-state index contributed by atoms with van der Waals surface area (Å²) in [6.07, 6.45) is -0.0169. The number of hydrogen-bond donors (Lipinski definition) is 3. The summed E-state index contributed by atoms with van der Waals surface area (Å²) in [5, 5.41) is 19.6. The van der Waals surface area contributed by atoms with Gasteiger partial charge < -0.3 is 20.3 Å². The molecule has 0 saturated carbocycles. The first-order valence-electron chi connectivity index (χ1n) is 5.43. The minimum atomic E-state index is -0.900. The van der Waals surface area contributed by atoms with Crippen LogP contribution in [0.1, 0.15) is 6.42 Å². The molecular formula is C10H20N2O5. The average Bonchev–Trinajstić information content (AvgIpc) is 2.30. The number of carbonyl (C=O) groups excluding carboxylic acids is 1.